The summed E-state index contributed by atoms with van der Waals surface area (Å²) >= 11 is 0. The smallest absolute Gasteiger partial charge is 0.248 e. The number of allylic oxidation sites excluding steroid dienone is 1. The highest BCUT2D eigenvalue weighted by Gasteiger charge is 2.35. The van der Waals surface area contributed by atoms with Gasteiger partial charge in [-0.2, -0.15) is 0 Å². The van der Waals surface area contributed by atoms with Gasteiger partial charge in [0.25, 0.3) is 0 Å². The molecule has 0 saturated heterocycles. The molecule has 1 N–H and O–H groups in total. The van der Waals surface area contributed by atoms with Crippen molar-refractivity contribution >= 4 is 17.3 Å². The maximum Gasteiger partial charge on any atom is 0.248 e. The van der Waals surface area contributed by atoms with Crippen molar-refractivity contribution in [1.29, 1.82) is 0 Å². The molecule has 8 heteroatoms. The number of alkyl halides is 2. The Hall–Kier alpha value is -2.90. The molecule has 3 aromatic heterocycles. The fraction of sp³-hybridized carbons (Fsp3) is 0.429. The van der Waals surface area contributed by atoms with Crippen molar-refractivity contribution < 1.29 is 8.78 Å². The second kappa shape index (κ2) is 7.50. The summed E-state index contributed by atoms with van der Waals surface area (Å²) < 4.78 is 28.6. The van der Waals surface area contributed by atoms with Crippen molar-refractivity contribution in [2.75, 3.05) is 5.32 Å². The normalized spacial score (nSPS) is 17.6. The molecule has 6 nitrogen and oxygen atoms in total. The van der Waals surface area contributed by atoms with Crippen molar-refractivity contribution in [3.05, 3.63) is 53.4 Å². The molecule has 3 heterocycles. The van der Waals surface area contributed by atoms with Gasteiger partial charge in [0, 0.05) is 54.8 Å². The van der Waals surface area contributed by atoms with E-state index in [0.717, 1.165) is 28.1 Å². The van der Waals surface area contributed by atoms with Gasteiger partial charge in [-0.25, -0.2) is 28.7 Å². The SMILES string of the molecule is C/C=C(/c1cnc2nccn2c1)c1c(C)nc(NC2CCC(F)(F)CC2)nc1C. The molecule has 0 aliphatic heterocycles. The predicted molar refractivity (Wildman–Crippen MR) is 108 cm³/mol. The molecule has 0 aromatic carbocycles. The number of hydrogen-bond acceptors (Lipinski definition) is 5. The second-order valence-corrected chi connectivity index (χ2v) is 7.55. The maximum absolute atomic E-state index is 13.4. The Bertz CT molecular complexity index is 1040. The maximum atomic E-state index is 13.4. The van der Waals surface area contributed by atoms with Gasteiger partial charge in [0.15, 0.2) is 0 Å². The van der Waals surface area contributed by atoms with Crippen molar-refractivity contribution in [2.24, 2.45) is 0 Å². The molecule has 0 bridgehead atoms. The molecule has 0 unspecified atom stereocenters. The van der Waals surface area contributed by atoms with Crippen molar-refractivity contribution in [3.8, 4) is 0 Å². The van der Waals surface area contributed by atoms with Gasteiger partial charge >= 0.3 is 0 Å². The molecule has 1 saturated carbocycles. The predicted octanol–water partition coefficient (Wildman–Crippen LogP) is 4.58. The number of nitrogens with one attached hydrogen (secondary N) is 1. The molecule has 3 aromatic rings. The highest BCUT2D eigenvalue weighted by atomic mass is 19.3. The first kappa shape index (κ1) is 19.4. The van der Waals surface area contributed by atoms with Crippen LogP contribution in [-0.4, -0.2) is 36.3 Å². The number of aryl methyl sites for hydroxylation is 2. The first-order chi connectivity index (χ1) is 13.9. The quantitative estimate of drug-likeness (QED) is 0.697. The summed E-state index contributed by atoms with van der Waals surface area (Å²) in [4.78, 5) is 17.8. The summed E-state index contributed by atoms with van der Waals surface area (Å²) in [5, 5.41) is 3.25. The summed E-state index contributed by atoms with van der Waals surface area (Å²) in [5.41, 5.74) is 4.56. The lowest BCUT2D eigenvalue weighted by molar-refractivity contribution is -0.0361. The molecule has 0 amide bonds. The highest BCUT2D eigenvalue weighted by Crippen LogP contribution is 2.34. The number of fused-ring (bicyclic) bond motifs is 1. The van der Waals surface area contributed by atoms with Gasteiger partial charge in [-0.3, -0.25) is 4.40 Å². The van der Waals surface area contributed by atoms with Crippen molar-refractivity contribution in [3.63, 3.8) is 0 Å². The monoisotopic (exact) mass is 398 g/mol. The van der Waals surface area contributed by atoms with Crippen LogP contribution < -0.4 is 5.32 Å². The number of rotatable bonds is 4. The van der Waals surface area contributed by atoms with Crippen LogP contribution in [-0.2, 0) is 0 Å². The fourth-order valence-corrected chi connectivity index (χ4v) is 3.95. The van der Waals surface area contributed by atoms with E-state index in [-0.39, 0.29) is 18.9 Å². The van der Waals surface area contributed by atoms with E-state index in [4.69, 9.17) is 0 Å². The van der Waals surface area contributed by atoms with E-state index in [9.17, 15) is 8.78 Å². The minimum atomic E-state index is -2.54. The van der Waals surface area contributed by atoms with Crippen LogP contribution in [0, 0.1) is 13.8 Å². The zero-order chi connectivity index (χ0) is 20.6. The van der Waals surface area contributed by atoms with Crippen LogP contribution in [0.15, 0.2) is 30.9 Å². The molecule has 4 rings (SSSR count). The van der Waals surface area contributed by atoms with E-state index >= 15 is 0 Å². The number of halogens is 2. The molecule has 1 aliphatic rings. The van der Waals surface area contributed by atoms with Crippen LogP contribution in [0.1, 0.15) is 55.1 Å². The van der Waals surface area contributed by atoms with E-state index in [0.29, 0.717) is 24.6 Å². The van der Waals surface area contributed by atoms with Crippen LogP contribution in [0.2, 0.25) is 0 Å². The van der Waals surface area contributed by atoms with Gasteiger partial charge in [-0.15, -0.1) is 0 Å². The Morgan fingerprint density at radius 1 is 1.17 bits per heavy atom. The summed E-state index contributed by atoms with van der Waals surface area (Å²) in [5.74, 6) is -1.40. The Morgan fingerprint density at radius 2 is 1.86 bits per heavy atom. The van der Waals surface area contributed by atoms with Crippen LogP contribution in [0.25, 0.3) is 11.4 Å². The van der Waals surface area contributed by atoms with Gasteiger partial charge in [0.05, 0.1) is 11.4 Å². The average molecular weight is 398 g/mol. The van der Waals surface area contributed by atoms with Gasteiger partial charge < -0.3 is 5.32 Å². The molecule has 0 spiro atoms. The molecule has 0 atom stereocenters. The van der Waals surface area contributed by atoms with Crippen molar-refractivity contribution in [1.82, 2.24) is 24.3 Å². The molecule has 29 heavy (non-hydrogen) atoms. The van der Waals surface area contributed by atoms with Crippen molar-refractivity contribution in [2.45, 2.75) is 58.4 Å². The third kappa shape index (κ3) is 3.97. The molecule has 0 radical (unpaired) electrons. The number of imidazole rings is 1. The lowest BCUT2D eigenvalue weighted by atomic mass is 9.92. The van der Waals surface area contributed by atoms with Crippen LogP contribution in [0.5, 0.6) is 0 Å². The molecule has 1 fully saturated rings. The molecular formula is C21H24F2N6. The van der Waals surface area contributed by atoms with Crippen LogP contribution in [0.3, 0.4) is 0 Å². The number of hydrogen-bond donors (Lipinski definition) is 1. The Balaban J connectivity index is 1.60. The number of nitrogens with zero attached hydrogens (tertiary/aromatic N) is 5. The molecule has 1 aliphatic carbocycles. The van der Waals surface area contributed by atoms with Crippen LogP contribution in [0.4, 0.5) is 14.7 Å². The second-order valence-electron chi connectivity index (χ2n) is 7.55. The topological polar surface area (TPSA) is 68.0 Å². The summed E-state index contributed by atoms with van der Waals surface area (Å²) in [6, 6.07) is -0.0201. The highest BCUT2D eigenvalue weighted by molar-refractivity contribution is 5.81. The minimum Gasteiger partial charge on any atom is -0.351 e. The molecular weight excluding hydrogens is 374 g/mol. The summed E-state index contributed by atoms with van der Waals surface area (Å²) in [6.45, 7) is 5.86. The zero-order valence-corrected chi connectivity index (χ0v) is 16.8. The average Bonchev–Trinajstić information content (AvgIpc) is 3.14. The third-order valence-corrected chi connectivity index (χ3v) is 5.44. The number of anilines is 1. The third-order valence-electron chi connectivity index (χ3n) is 5.44. The lowest BCUT2D eigenvalue weighted by Crippen LogP contribution is -2.32. The van der Waals surface area contributed by atoms with E-state index in [1.165, 1.54) is 0 Å². The first-order valence-corrected chi connectivity index (χ1v) is 9.81. The standard InChI is InChI=1S/C21H24F2N6/c1-4-17(15-11-25-20-24-9-10-29(20)12-15)18-13(2)26-19(27-14(18)3)28-16-5-7-21(22,23)8-6-16/h4,9-12,16H,5-8H2,1-3H3,(H,26,27,28)/b17-4-. The van der Waals surface area contributed by atoms with E-state index in [1.807, 2.05) is 43.6 Å². The Morgan fingerprint density at radius 3 is 2.52 bits per heavy atom. The van der Waals surface area contributed by atoms with Crippen LogP contribution >= 0.6 is 0 Å². The first-order valence-electron chi connectivity index (χ1n) is 9.81. The lowest BCUT2D eigenvalue weighted by Gasteiger charge is -2.29. The van der Waals surface area contributed by atoms with E-state index in [2.05, 4.69) is 25.3 Å². The van der Waals surface area contributed by atoms with Gasteiger partial charge in [0.2, 0.25) is 17.6 Å². The van der Waals surface area contributed by atoms with Gasteiger partial charge in [-0.1, -0.05) is 6.08 Å². The Kier molecular flexibility index (Phi) is 5.02. The molecule has 152 valence electrons. The minimum absolute atomic E-state index is 0.0201. The number of aromatic nitrogens is 5. The summed E-state index contributed by atoms with van der Waals surface area (Å²) in [7, 11) is 0. The largest absolute Gasteiger partial charge is 0.351 e. The fourth-order valence-electron chi connectivity index (χ4n) is 3.95. The van der Waals surface area contributed by atoms with E-state index < -0.39 is 5.92 Å². The zero-order valence-electron chi connectivity index (χ0n) is 16.8. The summed E-state index contributed by atoms with van der Waals surface area (Å²) in [6.07, 6.45) is 10.0. The Labute approximate surface area is 168 Å². The van der Waals surface area contributed by atoms with Gasteiger partial charge in [0.1, 0.15) is 0 Å². The van der Waals surface area contributed by atoms with Gasteiger partial charge in [-0.05, 0) is 39.2 Å². The van der Waals surface area contributed by atoms with E-state index in [1.54, 1.807) is 12.4 Å².